The first-order chi connectivity index (χ1) is 35.1. The zero-order chi connectivity index (χ0) is 47.3. The summed E-state index contributed by atoms with van der Waals surface area (Å²) in [5, 5.41) is 3.86. The summed E-state index contributed by atoms with van der Waals surface area (Å²) >= 11 is 0. The summed E-state index contributed by atoms with van der Waals surface area (Å²) < 4.78 is 0. The molecule has 9 aromatic carbocycles. The van der Waals surface area contributed by atoms with Gasteiger partial charge in [-0.25, -0.2) is 29.9 Å². The standard InChI is InChI=1S/C65H42N6/c1-41-36-48(55-40-57(44-24-12-4-13-25-44)67-61-51(55)33-32-50-54(42-20-8-2-9-21-42)39-56(66-60(50)61)43-22-10-3-11-23-43)38-49(37-41)59-53-35-34-52-58(45-26-14-5-15-27-45)68-64(46-28-16-6-17-29-46)70-62(52)63(53)71-65(69-59)47-30-18-7-19-31-47/h2-40H,1H3. The normalized spacial score (nSPS) is 11.5. The topological polar surface area (TPSA) is 77.3 Å². The molecular weight excluding hydrogens is 865 g/mol. The molecule has 6 heteroatoms. The van der Waals surface area contributed by atoms with E-state index in [0.29, 0.717) is 11.6 Å². The zero-order valence-electron chi connectivity index (χ0n) is 38.7. The summed E-state index contributed by atoms with van der Waals surface area (Å²) in [6.45, 7) is 2.16. The van der Waals surface area contributed by atoms with Crippen molar-refractivity contribution in [2.75, 3.05) is 0 Å². The van der Waals surface area contributed by atoms with Crippen molar-refractivity contribution in [3.05, 3.63) is 242 Å². The third-order valence-electron chi connectivity index (χ3n) is 13.3. The molecule has 0 atom stereocenters. The first-order valence-corrected chi connectivity index (χ1v) is 23.9. The highest BCUT2D eigenvalue weighted by Gasteiger charge is 2.22. The van der Waals surface area contributed by atoms with Crippen LogP contribution in [0.25, 0.3) is 134 Å². The van der Waals surface area contributed by atoms with Gasteiger partial charge < -0.3 is 0 Å². The van der Waals surface area contributed by atoms with Gasteiger partial charge in [-0.3, -0.25) is 0 Å². The van der Waals surface area contributed by atoms with Crippen molar-refractivity contribution >= 4 is 43.6 Å². The maximum Gasteiger partial charge on any atom is 0.160 e. The smallest absolute Gasteiger partial charge is 0.160 e. The molecule has 0 bridgehead atoms. The van der Waals surface area contributed by atoms with E-state index in [-0.39, 0.29) is 0 Å². The molecule has 0 aliphatic heterocycles. The van der Waals surface area contributed by atoms with Crippen LogP contribution in [0, 0.1) is 6.92 Å². The van der Waals surface area contributed by atoms with Crippen LogP contribution in [0.2, 0.25) is 0 Å². The molecule has 6 nitrogen and oxygen atoms in total. The van der Waals surface area contributed by atoms with E-state index in [9.17, 15) is 0 Å². The van der Waals surface area contributed by atoms with E-state index in [0.717, 1.165) is 128 Å². The Balaban J connectivity index is 1.08. The molecule has 0 unspecified atom stereocenters. The molecule has 0 radical (unpaired) electrons. The summed E-state index contributed by atoms with van der Waals surface area (Å²) in [6, 6.07) is 82.1. The largest absolute Gasteiger partial charge is 0.245 e. The zero-order valence-corrected chi connectivity index (χ0v) is 38.7. The number of hydrogen-bond acceptors (Lipinski definition) is 6. The second-order valence-corrected chi connectivity index (χ2v) is 17.9. The van der Waals surface area contributed by atoms with Gasteiger partial charge in [-0.05, 0) is 71.1 Å². The summed E-state index contributed by atoms with van der Waals surface area (Å²) in [7, 11) is 0. The molecule has 0 aliphatic rings. The molecule has 0 saturated carbocycles. The number of rotatable bonds is 8. The van der Waals surface area contributed by atoms with E-state index in [2.05, 4.69) is 177 Å². The van der Waals surface area contributed by atoms with Crippen LogP contribution in [0.5, 0.6) is 0 Å². The van der Waals surface area contributed by atoms with E-state index >= 15 is 0 Å². The van der Waals surface area contributed by atoms with Crippen LogP contribution in [0.3, 0.4) is 0 Å². The minimum absolute atomic E-state index is 0.617. The van der Waals surface area contributed by atoms with Gasteiger partial charge >= 0.3 is 0 Å². The van der Waals surface area contributed by atoms with Crippen molar-refractivity contribution in [2.45, 2.75) is 6.92 Å². The fourth-order valence-corrected chi connectivity index (χ4v) is 9.91. The summed E-state index contributed by atoms with van der Waals surface area (Å²) in [4.78, 5) is 32.4. The Hall–Kier alpha value is -9.52. The number of aryl methyl sites for hydroxylation is 1. The lowest BCUT2D eigenvalue weighted by Crippen LogP contribution is -2.00. The van der Waals surface area contributed by atoms with Crippen LogP contribution in [0.1, 0.15) is 5.56 Å². The lowest BCUT2D eigenvalue weighted by molar-refractivity contribution is 1.21. The van der Waals surface area contributed by atoms with Crippen molar-refractivity contribution in [2.24, 2.45) is 0 Å². The van der Waals surface area contributed by atoms with Gasteiger partial charge in [0.05, 0.1) is 33.8 Å². The molecule has 13 rings (SSSR count). The number of pyridine rings is 2. The van der Waals surface area contributed by atoms with Crippen LogP contribution in [0.15, 0.2) is 237 Å². The fraction of sp³-hybridized carbons (Fsp3) is 0.0154. The van der Waals surface area contributed by atoms with Gasteiger partial charge in [0.2, 0.25) is 0 Å². The maximum atomic E-state index is 5.51. The van der Waals surface area contributed by atoms with Gasteiger partial charge in [0.25, 0.3) is 0 Å². The Bertz CT molecular complexity index is 3860. The van der Waals surface area contributed by atoms with E-state index in [1.807, 2.05) is 66.7 Å². The average Bonchev–Trinajstić information content (AvgIpc) is 3.45. The first kappa shape index (κ1) is 41.7. The number of aromatic nitrogens is 6. The highest BCUT2D eigenvalue weighted by molar-refractivity contribution is 6.15. The Morgan fingerprint density at radius 2 is 0.577 bits per heavy atom. The van der Waals surface area contributed by atoms with Crippen molar-refractivity contribution in [3.63, 3.8) is 0 Å². The Morgan fingerprint density at radius 3 is 1.03 bits per heavy atom. The van der Waals surface area contributed by atoms with E-state index in [1.54, 1.807) is 0 Å². The van der Waals surface area contributed by atoms with Crippen LogP contribution < -0.4 is 0 Å². The third-order valence-corrected chi connectivity index (χ3v) is 13.3. The number of benzene rings is 9. The number of nitrogens with zero attached hydrogens (tertiary/aromatic N) is 6. The molecule has 332 valence electrons. The van der Waals surface area contributed by atoms with E-state index in [1.165, 1.54) is 0 Å². The van der Waals surface area contributed by atoms with Gasteiger partial charge in [-0.1, -0.05) is 200 Å². The van der Waals surface area contributed by atoms with Crippen LogP contribution in [0.4, 0.5) is 0 Å². The van der Waals surface area contributed by atoms with Crippen molar-refractivity contribution < 1.29 is 0 Å². The number of hydrogen-bond donors (Lipinski definition) is 0. The molecule has 0 aliphatic carbocycles. The summed E-state index contributed by atoms with van der Waals surface area (Å²) in [5.41, 5.74) is 17.9. The minimum atomic E-state index is 0.617. The SMILES string of the molecule is Cc1cc(-c2cc(-c3ccccc3)nc3c2ccc2c(-c4ccccc4)cc(-c4ccccc4)nc23)cc(-c2nc(-c3ccccc3)nc3c2ccc2c(-c4ccccc4)nc(-c4ccccc4)nc23)c1. The third kappa shape index (κ3) is 7.65. The molecule has 71 heavy (non-hydrogen) atoms. The first-order valence-electron chi connectivity index (χ1n) is 23.9. The van der Waals surface area contributed by atoms with Gasteiger partial charge in [-0.15, -0.1) is 0 Å². The van der Waals surface area contributed by atoms with Crippen molar-refractivity contribution in [1.29, 1.82) is 0 Å². The molecule has 0 saturated heterocycles. The molecular formula is C65H42N6. The average molecular weight is 907 g/mol. The monoisotopic (exact) mass is 906 g/mol. The van der Waals surface area contributed by atoms with Crippen LogP contribution >= 0.6 is 0 Å². The van der Waals surface area contributed by atoms with E-state index in [4.69, 9.17) is 29.9 Å². The molecule has 0 N–H and O–H groups in total. The highest BCUT2D eigenvalue weighted by atomic mass is 14.9. The quantitative estimate of drug-likeness (QED) is 0.141. The summed E-state index contributed by atoms with van der Waals surface area (Å²) in [5.74, 6) is 1.25. The fourth-order valence-electron chi connectivity index (χ4n) is 9.91. The molecule has 13 aromatic rings. The van der Waals surface area contributed by atoms with Gasteiger partial charge in [0.1, 0.15) is 11.0 Å². The second-order valence-electron chi connectivity index (χ2n) is 17.9. The Kier molecular flexibility index (Phi) is 10.3. The lowest BCUT2D eigenvalue weighted by atomic mass is 9.92. The molecule has 0 spiro atoms. The predicted octanol–water partition coefficient (Wildman–Crippen LogP) is 16.3. The maximum absolute atomic E-state index is 5.51. The van der Waals surface area contributed by atoms with Gasteiger partial charge in [0.15, 0.2) is 11.6 Å². The molecule has 4 aromatic heterocycles. The second kappa shape index (κ2) is 17.5. The van der Waals surface area contributed by atoms with Crippen LogP contribution in [-0.4, -0.2) is 29.9 Å². The highest BCUT2D eigenvalue weighted by Crippen LogP contribution is 2.42. The Morgan fingerprint density at radius 1 is 0.239 bits per heavy atom. The lowest BCUT2D eigenvalue weighted by Gasteiger charge is -2.17. The summed E-state index contributed by atoms with van der Waals surface area (Å²) in [6.07, 6.45) is 0. The van der Waals surface area contributed by atoms with Gasteiger partial charge in [0, 0.05) is 54.9 Å². The van der Waals surface area contributed by atoms with Crippen molar-refractivity contribution in [3.8, 4) is 90.1 Å². The molecule has 0 amide bonds. The van der Waals surface area contributed by atoms with E-state index < -0.39 is 0 Å². The van der Waals surface area contributed by atoms with Crippen LogP contribution in [-0.2, 0) is 0 Å². The molecule has 4 heterocycles. The van der Waals surface area contributed by atoms with Crippen molar-refractivity contribution in [1.82, 2.24) is 29.9 Å². The van der Waals surface area contributed by atoms with Gasteiger partial charge in [-0.2, -0.15) is 0 Å². The molecule has 0 fully saturated rings. The Labute approximate surface area is 410 Å². The number of fused-ring (bicyclic) bond motifs is 6. The minimum Gasteiger partial charge on any atom is -0.245 e. The predicted molar refractivity (Wildman–Crippen MR) is 291 cm³/mol.